The molecule has 2 aromatic rings. The summed E-state index contributed by atoms with van der Waals surface area (Å²) in [7, 11) is 0. The normalized spacial score (nSPS) is 10.6. The van der Waals surface area contributed by atoms with Gasteiger partial charge < -0.3 is 4.57 Å². The number of Topliss-reactive ketones (excluding diaryl/α,β-unsaturated/α-hetero) is 1. The number of pyridine rings is 1. The Bertz CT molecular complexity index is 551. The van der Waals surface area contributed by atoms with E-state index in [1.54, 1.807) is 18.3 Å². The van der Waals surface area contributed by atoms with Crippen LogP contribution in [0.25, 0.3) is 0 Å². The first-order chi connectivity index (χ1) is 8.70. The Labute approximate surface area is 111 Å². The summed E-state index contributed by atoms with van der Waals surface area (Å²) in [4.78, 5) is 20.2. The zero-order chi connectivity index (χ0) is 13.0. The topological polar surface area (TPSA) is 47.8 Å². The molecule has 2 rings (SSSR count). The van der Waals surface area contributed by atoms with Gasteiger partial charge in [-0.3, -0.25) is 4.79 Å². The number of imidazole rings is 1. The summed E-state index contributed by atoms with van der Waals surface area (Å²) in [5.41, 5.74) is 0.570. The molecule has 18 heavy (non-hydrogen) atoms. The Morgan fingerprint density at radius 3 is 2.94 bits per heavy atom. The van der Waals surface area contributed by atoms with Gasteiger partial charge in [-0.1, -0.05) is 18.5 Å². The maximum absolute atomic E-state index is 12.1. The molecule has 94 valence electrons. The number of ketones is 1. The molecule has 2 heterocycles. The van der Waals surface area contributed by atoms with Crippen LogP contribution in [-0.2, 0) is 13.0 Å². The van der Waals surface area contributed by atoms with Crippen molar-refractivity contribution in [1.82, 2.24) is 14.5 Å². The van der Waals surface area contributed by atoms with Gasteiger partial charge >= 0.3 is 0 Å². The molecule has 0 radical (unpaired) electrons. The van der Waals surface area contributed by atoms with Crippen LogP contribution in [0.15, 0.2) is 30.7 Å². The first-order valence-corrected chi connectivity index (χ1v) is 6.23. The summed E-state index contributed by atoms with van der Waals surface area (Å²) in [6.07, 6.45) is 6.45. The zero-order valence-electron chi connectivity index (χ0n) is 10.1. The summed E-state index contributed by atoms with van der Waals surface area (Å²) in [6, 6.07) is 3.25. The molecule has 4 nitrogen and oxygen atoms in total. The smallest absolute Gasteiger partial charge is 0.170 e. The van der Waals surface area contributed by atoms with Crippen LogP contribution in [0.1, 0.15) is 29.5 Å². The number of carbonyl (C=O) groups is 1. The summed E-state index contributed by atoms with van der Waals surface area (Å²) >= 11 is 5.77. The second-order valence-electron chi connectivity index (χ2n) is 4.00. The number of rotatable bonds is 5. The van der Waals surface area contributed by atoms with Gasteiger partial charge in [-0.15, -0.1) is 0 Å². The van der Waals surface area contributed by atoms with Gasteiger partial charge in [-0.05, 0) is 18.6 Å². The summed E-state index contributed by atoms with van der Waals surface area (Å²) in [5, 5.41) is 0.331. The lowest BCUT2D eigenvalue weighted by Gasteiger charge is -2.05. The van der Waals surface area contributed by atoms with E-state index in [0.29, 0.717) is 10.7 Å². The van der Waals surface area contributed by atoms with E-state index < -0.39 is 0 Å². The van der Waals surface area contributed by atoms with Crippen LogP contribution in [0, 0.1) is 0 Å². The van der Waals surface area contributed by atoms with Crippen LogP contribution in [0.3, 0.4) is 0 Å². The quantitative estimate of drug-likeness (QED) is 0.616. The minimum absolute atomic E-state index is 0.00264. The van der Waals surface area contributed by atoms with E-state index in [1.807, 2.05) is 10.8 Å². The van der Waals surface area contributed by atoms with E-state index in [9.17, 15) is 4.79 Å². The molecule has 0 spiro atoms. The molecule has 0 aliphatic heterocycles. The van der Waals surface area contributed by atoms with Crippen LogP contribution in [0.2, 0.25) is 5.15 Å². The van der Waals surface area contributed by atoms with Gasteiger partial charge in [0.25, 0.3) is 0 Å². The van der Waals surface area contributed by atoms with E-state index in [2.05, 4.69) is 16.9 Å². The van der Waals surface area contributed by atoms with Gasteiger partial charge in [0.15, 0.2) is 5.78 Å². The molecule has 5 heteroatoms. The molecule has 0 unspecified atom stereocenters. The maximum Gasteiger partial charge on any atom is 0.170 e. The van der Waals surface area contributed by atoms with E-state index in [-0.39, 0.29) is 12.2 Å². The molecule has 0 aromatic carbocycles. The van der Waals surface area contributed by atoms with Gasteiger partial charge in [-0.2, -0.15) is 0 Å². The van der Waals surface area contributed by atoms with Crippen molar-refractivity contribution in [3.8, 4) is 0 Å². The monoisotopic (exact) mass is 263 g/mol. The second kappa shape index (κ2) is 5.78. The number of hydrogen-bond donors (Lipinski definition) is 0. The average molecular weight is 264 g/mol. The Hall–Kier alpha value is -1.68. The molecule has 0 fully saturated rings. The molecule has 0 saturated carbocycles. The number of aromatic nitrogens is 3. The predicted molar refractivity (Wildman–Crippen MR) is 69.8 cm³/mol. The van der Waals surface area contributed by atoms with Crippen molar-refractivity contribution >= 4 is 17.4 Å². The molecule has 0 bridgehead atoms. The van der Waals surface area contributed by atoms with Crippen LogP contribution in [0.5, 0.6) is 0 Å². The van der Waals surface area contributed by atoms with E-state index in [1.165, 1.54) is 6.20 Å². The second-order valence-corrected chi connectivity index (χ2v) is 4.39. The standard InChI is InChI=1S/C13H14ClN3O/c1-2-6-17-7-5-16-13(17)9-11(18)10-3-4-15-12(14)8-10/h3-5,7-8H,2,6,9H2,1H3. The summed E-state index contributed by atoms with van der Waals surface area (Å²) in [5.74, 6) is 0.789. The van der Waals surface area contributed by atoms with Crippen molar-refractivity contribution in [3.63, 3.8) is 0 Å². The maximum atomic E-state index is 12.1. The lowest BCUT2D eigenvalue weighted by Crippen LogP contribution is -2.10. The molecule has 0 atom stereocenters. The van der Waals surface area contributed by atoms with Gasteiger partial charge in [0.1, 0.15) is 11.0 Å². The molecule has 0 amide bonds. The Morgan fingerprint density at radius 1 is 1.39 bits per heavy atom. The number of hydrogen-bond acceptors (Lipinski definition) is 3. The largest absolute Gasteiger partial charge is 0.335 e. The Balaban J connectivity index is 2.14. The molecular formula is C13H14ClN3O. The van der Waals surface area contributed by atoms with E-state index in [0.717, 1.165) is 18.8 Å². The lowest BCUT2D eigenvalue weighted by atomic mass is 10.1. The molecule has 2 aromatic heterocycles. The van der Waals surface area contributed by atoms with E-state index in [4.69, 9.17) is 11.6 Å². The van der Waals surface area contributed by atoms with Crippen molar-refractivity contribution in [2.24, 2.45) is 0 Å². The molecule has 0 saturated heterocycles. The lowest BCUT2D eigenvalue weighted by molar-refractivity contribution is 0.0989. The molecule has 0 aliphatic rings. The highest BCUT2D eigenvalue weighted by Crippen LogP contribution is 2.10. The third-order valence-corrected chi connectivity index (χ3v) is 2.84. The molecule has 0 N–H and O–H groups in total. The first kappa shape index (κ1) is 12.8. The van der Waals surface area contributed by atoms with Gasteiger partial charge in [0.2, 0.25) is 0 Å². The fourth-order valence-electron chi connectivity index (χ4n) is 1.77. The van der Waals surface area contributed by atoms with Crippen LogP contribution in [0.4, 0.5) is 0 Å². The van der Waals surface area contributed by atoms with Gasteiger partial charge in [0, 0.05) is 30.7 Å². The number of nitrogens with zero attached hydrogens (tertiary/aromatic N) is 3. The van der Waals surface area contributed by atoms with Crippen molar-refractivity contribution in [2.45, 2.75) is 26.3 Å². The highest BCUT2D eigenvalue weighted by Gasteiger charge is 2.11. The average Bonchev–Trinajstić information content (AvgIpc) is 2.77. The summed E-state index contributed by atoms with van der Waals surface area (Å²) in [6.45, 7) is 2.97. The van der Waals surface area contributed by atoms with Crippen molar-refractivity contribution < 1.29 is 4.79 Å². The van der Waals surface area contributed by atoms with Gasteiger partial charge in [0.05, 0.1) is 6.42 Å². The summed E-state index contributed by atoms with van der Waals surface area (Å²) < 4.78 is 2.00. The fraction of sp³-hybridized carbons (Fsp3) is 0.308. The Kier molecular flexibility index (Phi) is 4.10. The highest BCUT2D eigenvalue weighted by molar-refractivity contribution is 6.29. The van der Waals surface area contributed by atoms with Crippen LogP contribution in [-0.4, -0.2) is 20.3 Å². The van der Waals surface area contributed by atoms with E-state index >= 15 is 0 Å². The third kappa shape index (κ3) is 2.96. The number of aryl methyl sites for hydroxylation is 1. The minimum atomic E-state index is 0.00264. The fourth-order valence-corrected chi connectivity index (χ4v) is 1.95. The van der Waals surface area contributed by atoms with Crippen molar-refractivity contribution in [3.05, 3.63) is 47.3 Å². The first-order valence-electron chi connectivity index (χ1n) is 5.85. The van der Waals surface area contributed by atoms with Crippen molar-refractivity contribution in [1.29, 1.82) is 0 Å². The predicted octanol–water partition coefficient (Wildman–Crippen LogP) is 2.77. The SMILES string of the molecule is CCCn1ccnc1CC(=O)c1ccnc(Cl)c1. The zero-order valence-corrected chi connectivity index (χ0v) is 10.9. The van der Waals surface area contributed by atoms with Crippen LogP contribution >= 0.6 is 11.6 Å². The number of carbonyl (C=O) groups excluding carboxylic acids is 1. The highest BCUT2D eigenvalue weighted by atomic mass is 35.5. The van der Waals surface area contributed by atoms with Gasteiger partial charge in [-0.25, -0.2) is 9.97 Å². The van der Waals surface area contributed by atoms with Crippen molar-refractivity contribution in [2.75, 3.05) is 0 Å². The minimum Gasteiger partial charge on any atom is -0.335 e. The molecule has 0 aliphatic carbocycles. The van der Waals surface area contributed by atoms with Crippen LogP contribution < -0.4 is 0 Å². The third-order valence-electron chi connectivity index (χ3n) is 2.63. The Morgan fingerprint density at radius 2 is 2.22 bits per heavy atom. The number of halogens is 1. The molecular weight excluding hydrogens is 250 g/mol.